The number of aliphatic hydroxyl groups excluding tert-OH is 1. The maximum absolute atomic E-state index is 12.0. The molecular weight excluding hydrogens is 648 g/mol. The van der Waals surface area contributed by atoms with Gasteiger partial charge in [0.1, 0.15) is 19.3 Å². The summed E-state index contributed by atoms with van der Waals surface area (Å²) in [7, 11) is 0. The van der Waals surface area contributed by atoms with Crippen molar-refractivity contribution < 1.29 is 28.9 Å². The lowest BCUT2D eigenvalue weighted by molar-refractivity contribution is -0.152. The summed E-state index contributed by atoms with van der Waals surface area (Å²) >= 11 is 0. The molecule has 1 heterocycles. The average Bonchev–Trinajstić information content (AvgIpc) is 3.90. The third-order valence-electron chi connectivity index (χ3n) is 9.43. The molecule has 6 heteroatoms. The van der Waals surface area contributed by atoms with Gasteiger partial charge in [-0.15, -0.1) is 0 Å². The molecule has 1 saturated heterocycles. The lowest BCUT2D eigenvalue weighted by Crippen LogP contribution is -2.25. The summed E-state index contributed by atoms with van der Waals surface area (Å²) in [6.07, 6.45) is 51.9. The molecule has 0 aliphatic carbocycles. The van der Waals surface area contributed by atoms with E-state index in [0.29, 0.717) is 25.0 Å². The standard InChI is InChI=1S/C46H78O6/c1-3-5-7-8-9-10-11-12-13-14-15-16-17-21-24-27-30-34-38-45(48)50-40-42(47)41-51-46(49)39-35-31-28-25-22-19-18-20-23-26-29-33-37-44-43(52-44)36-32-6-4-2/h6,19-20,22-23,28-29,31-33,42-44,47H,3-5,7-18,21,24-27,30,34-41H2,1-2H3/b22-19-,23-20-,31-28-,32-6-,33-29-/t42-,43?,44?/m1/s1. The molecule has 0 bridgehead atoms. The van der Waals surface area contributed by atoms with Gasteiger partial charge in [-0.25, -0.2) is 0 Å². The number of unbranched alkanes of at least 4 members (excludes halogenated alkanes) is 17. The topological polar surface area (TPSA) is 85.4 Å². The van der Waals surface area contributed by atoms with Crippen LogP contribution in [0.4, 0.5) is 0 Å². The van der Waals surface area contributed by atoms with Crippen molar-refractivity contribution in [1.82, 2.24) is 0 Å². The Labute approximate surface area is 319 Å². The number of carbonyl (C=O) groups excluding carboxylic acids is 2. The van der Waals surface area contributed by atoms with E-state index in [0.717, 1.165) is 57.8 Å². The Morgan fingerprint density at radius 3 is 1.37 bits per heavy atom. The van der Waals surface area contributed by atoms with E-state index < -0.39 is 6.10 Å². The third-order valence-corrected chi connectivity index (χ3v) is 9.43. The zero-order chi connectivity index (χ0) is 37.6. The van der Waals surface area contributed by atoms with Gasteiger partial charge in [0.2, 0.25) is 0 Å². The number of carbonyl (C=O) groups is 2. The van der Waals surface area contributed by atoms with Crippen molar-refractivity contribution in [1.29, 1.82) is 0 Å². The molecule has 3 atom stereocenters. The molecule has 1 aliphatic heterocycles. The van der Waals surface area contributed by atoms with Crippen LogP contribution < -0.4 is 0 Å². The van der Waals surface area contributed by atoms with Crippen LogP contribution in [0.15, 0.2) is 60.8 Å². The van der Waals surface area contributed by atoms with Crippen LogP contribution in [0.25, 0.3) is 0 Å². The monoisotopic (exact) mass is 727 g/mol. The van der Waals surface area contributed by atoms with E-state index in [1.165, 1.54) is 96.3 Å². The van der Waals surface area contributed by atoms with E-state index in [4.69, 9.17) is 14.2 Å². The number of allylic oxidation sites excluding steroid dienone is 8. The summed E-state index contributed by atoms with van der Waals surface area (Å²) in [4.78, 5) is 24.0. The van der Waals surface area contributed by atoms with Crippen LogP contribution in [-0.2, 0) is 23.8 Å². The predicted octanol–water partition coefficient (Wildman–Crippen LogP) is 12.6. The minimum absolute atomic E-state index is 0.142. The van der Waals surface area contributed by atoms with E-state index in [-0.39, 0.29) is 31.6 Å². The van der Waals surface area contributed by atoms with Crippen molar-refractivity contribution in [2.75, 3.05) is 13.2 Å². The Hall–Kier alpha value is -2.44. The first-order chi connectivity index (χ1) is 25.6. The molecule has 1 N–H and O–H groups in total. The van der Waals surface area contributed by atoms with Crippen molar-refractivity contribution in [2.24, 2.45) is 0 Å². The van der Waals surface area contributed by atoms with Gasteiger partial charge < -0.3 is 19.3 Å². The zero-order valence-electron chi connectivity index (χ0n) is 33.5. The summed E-state index contributed by atoms with van der Waals surface area (Å²) in [5.74, 6) is -0.661. The SMILES string of the molecule is CC/C=C\CC1OC1C/C=C\C/C=C\C/C=C\C/C=C\CCC(=O)OC[C@H](O)COC(=O)CCCCCCCCCCCCCCCCCCCC. The van der Waals surface area contributed by atoms with E-state index >= 15 is 0 Å². The number of hydrogen-bond acceptors (Lipinski definition) is 6. The molecule has 2 unspecified atom stereocenters. The number of rotatable bonds is 37. The lowest BCUT2D eigenvalue weighted by Gasteiger charge is -2.12. The highest BCUT2D eigenvalue weighted by Crippen LogP contribution is 2.29. The van der Waals surface area contributed by atoms with Crippen LogP contribution in [0.5, 0.6) is 0 Å². The number of aliphatic hydroxyl groups is 1. The quantitative estimate of drug-likeness (QED) is 0.0297. The fourth-order valence-corrected chi connectivity index (χ4v) is 6.09. The van der Waals surface area contributed by atoms with Gasteiger partial charge >= 0.3 is 11.9 Å². The molecule has 0 saturated carbocycles. The van der Waals surface area contributed by atoms with Crippen molar-refractivity contribution in [3.8, 4) is 0 Å². The van der Waals surface area contributed by atoms with E-state index in [9.17, 15) is 14.7 Å². The molecule has 0 aromatic carbocycles. The largest absolute Gasteiger partial charge is 0.463 e. The minimum Gasteiger partial charge on any atom is -0.463 e. The van der Waals surface area contributed by atoms with Gasteiger partial charge in [-0.1, -0.05) is 184 Å². The second-order valence-corrected chi connectivity index (χ2v) is 14.5. The normalized spacial score (nSPS) is 16.7. The molecule has 1 aliphatic rings. The van der Waals surface area contributed by atoms with Crippen molar-refractivity contribution in [2.45, 2.75) is 206 Å². The van der Waals surface area contributed by atoms with Gasteiger partial charge in [0, 0.05) is 12.8 Å². The molecule has 0 aromatic heterocycles. The fourth-order valence-electron chi connectivity index (χ4n) is 6.09. The molecule has 6 nitrogen and oxygen atoms in total. The average molecular weight is 727 g/mol. The number of epoxide rings is 1. The van der Waals surface area contributed by atoms with E-state index in [1.807, 2.05) is 12.2 Å². The van der Waals surface area contributed by atoms with Crippen LogP contribution in [-0.4, -0.2) is 48.6 Å². The molecule has 298 valence electrons. The molecule has 52 heavy (non-hydrogen) atoms. The van der Waals surface area contributed by atoms with Crippen LogP contribution >= 0.6 is 0 Å². The summed E-state index contributed by atoms with van der Waals surface area (Å²) in [5, 5.41) is 10.0. The predicted molar refractivity (Wildman–Crippen MR) is 218 cm³/mol. The van der Waals surface area contributed by atoms with Gasteiger partial charge in [-0.2, -0.15) is 0 Å². The van der Waals surface area contributed by atoms with Crippen LogP contribution in [0.3, 0.4) is 0 Å². The summed E-state index contributed by atoms with van der Waals surface area (Å²) in [6, 6.07) is 0. The maximum atomic E-state index is 12.0. The Balaban J connectivity index is 1.85. The van der Waals surface area contributed by atoms with Gasteiger partial charge in [0.05, 0.1) is 12.2 Å². The molecule has 1 fully saturated rings. The molecule has 1 rings (SSSR count). The van der Waals surface area contributed by atoms with Crippen LogP contribution in [0.1, 0.15) is 187 Å². The Morgan fingerprint density at radius 1 is 0.519 bits per heavy atom. The van der Waals surface area contributed by atoms with Gasteiger partial charge in [-0.05, 0) is 51.4 Å². The van der Waals surface area contributed by atoms with Crippen molar-refractivity contribution in [3.63, 3.8) is 0 Å². The third kappa shape index (κ3) is 33.4. The van der Waals surface area contributed by atoms with Crippen molar-refractivity contribution in [3.05, 3.63) is 60.8 Å². The zero-order valence-corrected chi connectivity index (χ0v) is 33.5. The number of hydrogen-bond donors (Lipinski definition) is 1. The second-order valence-electron chi connectivity index (χ2n) is 14.5. The van der Waals surface area contributed by atoms with Crippen LogP contribution in [0, 0.1) is 0 Å². The highest BCUT2D eigenvalue weighted by molar-refractivity contribution is 5.70. The first kappa shape index (κ1) is 47.6. The minimum atomic E-state index is -0.998. The summed E-state index contributed by atoms with van der Waals surface area (Å²) in [5.41, 5.74) is 0. The lowest BCUT2D eigenvalue weighted by atomic mass is 10.0. The van der Waals surface area contributed by atoms with Crippen molar-refractivity contribution >= 4 is 11.9 Å². The highest BCUT2D eigenvalue weighted by Gasteiger charge is 2.35. The van der Waals surface area contributed by atoms with Gasteiger partial charge in [-0.3, -0.25) is 9.59 Å². The molecule has 0 aromatic rings. The van der Waals surface area contributed by atoms with E-state index in [1.54, 1.807) is 0 Å². The number of esters is 2. The Morgan fingerprint density at radius 2 is 0.904 bits per heavy atom. The second kappa shape index (κ2) is 36.9. The Bertz CT molecular complexity index is 979. The smallest absolute Gasteiger partial charge is 0.306 e. The molecule has 0 radical (unpaired) electrons. The van der Waals surface area contributed by atoms with E-state index in [2.05, 4.69) is 62.5 Å². The first-order valence-electron chi connectivity index (χ1n) is 21.5. The summed E-state index contributed by atoms with van der Waals surface area (Å²) in [6.45, 7) is 4.13. The fraction of sp³-hybridized carbons (Fsp3) is 0.739. The van der Waals surface area contributed by atoms with Gasteiger partial charge in [0.15, 0.2) is 0 Å². The molecular formula is C46H78O6. The van der Waals surface area contributed by atoms with Crippen LogP contribution in [0.2, 0.25) is 0 Å². The van der Waals surface area contributed by atoms with Gasteiger partial charge in [0.25, 0.3) is 0 Å². The molecule has 0 spiro atoms. The Kier molecular flexibility index (Phi) is 33.8. The maximum Gasteiger partial charge on any atom is 0.306 e. The highest BCUT2D eigenvalue weighted by atomic mass is 16.6. The summed E-state index contributed by atoms with van der Waals surface area (Å²) < 4.78 is 16.0. The molecule has 0 amide bonds. The first-order valence-corrected chi connectivity index (χ1v) is 21.5. The number of ether oxygens (including phenoxy) is 3.